The number of hydrogen-bond acceptors (Lipinski definition) is 3. The maximum atomic E-state index is 9.71. The molecule has 24 heavy (non-hydrogen) atoms. The molecule has 0 aliphatic carbocycles. The van der Waals surface area contributed by atoms with E-state index in [-0.39, 0.29) is 12.7 Å². The Morgan fingerprint density at radius 2 is 1.42 bits per heavy atom. The van der Waals surface area contributed by atoms with E-state index in [1.807, 2.05) is 72.8 Å². The first-order chi connectivity index (χ1) is 11.8. The molecule has 2 aromatic rings. The van der Waals surface area contributed by atoms with E-state index in [1.165, 1.54) is 0 Å². The van der Waals surface area contributed by atoms with Crippen LogP contribution in [0.4, 0.5) is 0 Å². The first kappa shape index (κ1) is 18.1. The van der Waals surface area contributed by atoms with Crippen molar-refractivity contribution in [1.29, 1.82) is 0 Å². The number of aliphatic hydroxyl groups excluding tert-OH is 1. The number of ether oxygens (including phenoxy) is 2. The van der Waals surface area contributed by atoms with Gasteiger partial charge in [0.05, 0.1) is 19.8 Å². The minimum absolute atomic E-state index is 0.117. The predicted molar refractivity (Wildman–Crippen MR) is 96.5 cm³/mol. The van der Waals surface area contributed by atoms with E-state index >= 15 is 0 Å². The standard InChI is InChI=1S/C21H24O3/c1-2-3-14-20(23-16-18-10-6-4-7-11-18)21(15-22)24-17-19-12-8-5-9-13-19/h2-14,20-22H,1,15-17H2/b14-3+/t20-,21+/m1/s1. The van der Waals surface area contributed by atoms with Gasteiger partial charge >= 0.3 is 0 Å². The average molecular weight is 324 g/mol. The summed E-state index contributed by atoms with van der Waals surface area (Å²) in [6.07, 6.45) is 4.57. The highest BCUT2D eigenvalue weighted by atomic mass is 16.5. The number of rotatable bonds is 10. The molecular formula is C21H24O3. The van der Waals surface area contributed by atoms with E-state index in [9.17, 15) is 5.11 Å². The lowest BCUT2D eigenvalue weighted by atomic mass is 10.1. The number of hydrogen-bond donors (Lipinski definition) is 1. The molecule has 2 atom stereocenters. The topological polar surface area (TPSA) is 38.7 Å². The number of allylic oxidation sites excluding steroid dienone is 2. The van der Waals surface area contributed by atoms with Crippen LogP contribution in [0.5, 0.6) is 0 Å². The number of aliphatic hydroxyl groups is 1. The summed E-state index contributed by atoms with van der Waals surface area (Å²) in [5, 5.41) is 9.71. The van der Waals surface area contributed by atoms with Gasteiger partial charge in [-0.15, -0.1) is 0 Å². The lowest BCUT2D eigenvalue weighted by Gasteiger charge is -2.24. The Bertz CT molecular complexity index is 607. The zero-order valence-corrected chi connectivity index (χ0v) is 13.8. The van der Waals surface area contributed by atoms with Gasteiger partial charge in [-0.1, -0.05) is 85.5 Å². The lowest BCUT2D eigenvalue weighted by Crippen LogP contribution is -2.33. The molecule has 0 heterocycles. The molecule has 0 aliphatic rings. The van der Waals surface area contributed by atoms with Crippen LogP contribution in [0.1, 0.15) is 11.1 Å². The van der Waals surface area contributed by atoms with Gasteiger partial charge in [0.2, 0.25) is 0 Å². The van der Waals surface area contributed by atoms with Gasteiger partial charge in [-0.2, -0.15) is 0 Å². The molecule has 0 aromatic heterocycles. The van der Waals surface area contributed by atoms with E-state index in [4.69, 9.17) is 9.47 Å². The Morgan fingerprint density at radius 3 is 1.92 bits per heavy atom. The summed E-state index contributed by atoms with van der Waals surface area (Å²) in [6, 6.07) is 19.8. The summed E-state index contributed by atoms with van der Waals surface area (Å²) in [5.41, 5.74) is 2.14. The quantitative estimate of drug-likeness (QED) is 0.674. The van der Waals surface area contributed by atoms with Crippen molar-refractivity contribution in [2.45, 2.75) is 25.4 Å². The fourth-order valence-electron chi connectivity index (χ4n) is 2.27. The zero-order valence-electron chi connectivity index (χ0n) is 13.8. The van der Waals surface area contributed by atoms with E-state index in [0.717, 1.165) is 11.1 Å². The fraction of sp³-hybridized carbons (Fsp3) is 0.238. The van der Waals surface area contributed by atoms with Gasteiger partial charge in [-0.25, -0.2) is 0 Å². The van der Waals surface area contributed by atoms with Gasteiger partial charge in [0.25, 0.3) is 0 Å². The van der Waals surface area contributed by atoms with E-state index in [2.05, 4.69) is 6.58 Å². The first-order valence-corrected chi connectivity index (χ1v) is 8.04. The smallest absolute Gasteiger partial charge is 0.111 e. The second-order valence-electron chi connectivity index (χ2n) is 5.40. The average Bonchev–Trinajstić information content (AvgIpc) is 2.65. The monoisotopic (exact) mass is 324 g/mol. The van der Waals surface area contributed by atoms with Gasteiger partial charge in [-0.3, -0.25) is 0 Å². The Balaban J connectivity index is 1.97. The summed E-state index contributed by atoms with van der Waals surface area (Å²) in [4.78, 5) is 0. The summed E-state index contributed by atoms with van der Waals surface area (Å²) >= 11 is 0. The fourth-order valence-corrected chi connectivity index (χ4v) is 2.27. The molecule has 0 saturated carbocycles. The van der Waals surface area contributed by atoms with E-state index in [1.54, 1.807) is 6.08 Å². The first-order valence-electron chi connectivity index (χ1n) is 8.04. The minimum Gasteiger partial charge on any atom is -0.394 e. The van der Waals surface area contributed by atoms with Crippen molar-refractivity contribution in [2.75, 3.05) is 6.61 Å². The Kier molecular flexibility index (Phi) is 7.98. The molecule has 0 unspecified atom stereocenters. The van der Waals surface area contributed by atoms with Gasteiger partial charge in [-0.05, 0) is 11.1 Å². The SMILES string of the molecule is C=C/C=C/[C@@H](OCc1ccccc1)[C@H](CO)OCc1ccccc1. The van der Waals surface area contributed by atoms with Crippen LogP contribution in [-0.2, 0) is 22.7 Å². The largest absolute Gasteiger partial charge is 0.394 e. The number of benzene rings is 2. The summed E-state index contributed by atoms with van der Waals surface area (Å²) in [5.74, 6) is 0. The molecule has 0 amide bonds. The highest BCUT2D eigenvalue weighted by molar-refractivity contribution is 5.15. The molecular weight excluding hydrogens is 300 g/mol. The Morgan fingerprint density at radius 1 is 0.875 bits per heavy atom. The lowest BCUT2D eigenvalue weighted by molar-refractivity contribution is -0.0847. The molecule has 0 spiro atoms. The predicted octanol–water partition coefficient (Wildman–Crippen LogP) is 3.89. The molecule has 3 heteroatoms. The van der Waals surface area contributed by atoms with Crippen LogP contribution in [-0.4, -0.2) is 23.9 Å². The second-order valence-corrected chi connectivity index (χ2v) is 5.40. The van der Waals surface area contributed by atoms with Crippen LogP contribution in [0.15, 0.2) is 85.5 Å². The van der Waals surface area contributed by atoms with Crippen LogP contribution in [0.3, 0.4) is 0 Å². The Hall–Kier alpha value is -2.20. The highest BCUT2D eigenvalue weighted by Crippen LogP contribution is 2.13. The summed E-state index contributed by atoms with van der Waals surface area (Å²) in [7, 11) is 0. The van der Waals surface area contributed by atoms with E-state index in [0.29, 0.717) is 13.2 Å². The third-order valence-electron chi connectivity index (χ3n) is 3.58. The van der Waals surface area contributed by atoms with Crippen LogP contribution < -0.4 is 0 Å². The molecule has 2 aromatic carbocycles. The van der Waals surface area contributed by atoms with Crippen LogP contribution in [0.25, 0.3) is 0 Å². The molecule has 3 nitrogen and oxygen atoms in total. The summed E-state index contributed by atoms with van der Waals surface area (Å²) in [6.45, 7) is 4.45. The van der Waals surface area contributed by atoms with Gasteiger partial charge in [0.1, 0.15) is 12.2 Å². The van der Waals surface area contributed by atoms with Gasteiger partial charge in [0.15, 0.2) is 0 Å². The zero-order chi connectivity index (χ0) is 17.0. The molecule has 1 N–H and O–H groups in total. The maximum absolute atomic E-state index is 9.71. The molecule has 2 rings (SSSR count). The molecule has 0 aliphatic heterocycles. The second kappa shape index (κ2) is 10.6. The maximum Gasteiger partial charge on any atom is 0.111 e. The van der Waals surface area contributed by atoms with Crippen molar-refractivity contribution in [1.82, 2.24) is 0 Å². The third-order valence-corrected chi connectivity index (χ3v) is 3.58. The van der Waals surface area contributed by atoms with Gasteiger partial charge < -0.3 is 14.6 Å². The molecule has 0 bridgehead atoms. The van der Waals surface area contributed by atoms with Crippen molar-refractivity contribution in [2.24, 2.45) is 0 Å². The van der Waals surface area contributed by atoms with Crippen molar-refractivity contribution < 1.29 is 14.6 Å². The molecule has 126 valence electrons. The van der Waals surface area contributed by atoms with Crippen molar-refractivity contribution in [3.63, 3.8) is 0 Å². The van der Waals surface area contributed by atoms with Crippen molar-refractivity contribution >= 4 is 0 Å². The van der Waals surface area contributed by atoms with Crippen LogP contribution in [0, 0.1) is 0 Å². The summed E-state index contributed by atoms with van der Waals surface area (Å²) < 4.78 is 11.8. The third kappa shape index (κ3) is 6.13. The highest BCUT2D eigenvalue weighted by Gasteiger charge is 2.20. The molecule has 0 fully saturated rings. The molecule has 0 radical (unpaired) electrons. The minimum atomic E-state index is -0.440. The normalized spacial score (nSPS) is 13.7. The molecule has 0 saturated heterocycles. The van der Waals surface area contributed by atoms with Crippen LogP contribution in [0.2, 0.25) is 0 Å². The van der Waals surface area contributed by atoms with Crippen molar-refractivity contribution in [3.05, 3.63) is 96.6 Å². The Labute approximate surface area is 143 Å². The van der Waals surface area contributed by atoms with Gasteiger partial charge in [0, 0.05) is 0 Å². The van der Waals surface area contributed by atoms with E-state index < -0.39 is 6.10 Å². The van der Waals surface area contributed by atoms with Crippen LogP contribution >= 0.6 is 0 Å². The van der Waals surface area contributed by atoms with Crippen molar-refractivity contribution in [3.8, 4) is 0 Å².